The van der Waals surface area contributed by atoms with E-state index in [4.69, 9.17) is 0 Å². The summed E-state index contributed by atoms with van der Waals surface area (Å²) in [5, 5.41) is 0. The molecule has 0 saturated heterocycles. The van der Waals surface area contributed by atoms with Crippen molar-refractivity contribution in [1.29, 1.82) is 0 Å². The lowest BCUT2D eigenvalue weighted by Crippen LogP contribution is -2.24. The van der Waals surface area contributed by atoms with Gasteiger partial charge in [0.05, 0.1) is 0 Å². The molecule has 0 N–H and O–H groups in total. The van der Waals surface area contributed by atoms with Crippen LogP contribution in [0.25, 0.3) is 0 Å². The maximum Gasteiger partial charge on any atom is 0.194 e. The molecule has 0 radical (unpaired) electrons. The van der Waals surface area contributed by atoms with E-state index >= 15 is 0 Å². The molecule has 2 aliphatic carbocycles. The molecule has 0 aromatic heterocycles. The second-order valence-corrected chi connectivity index (χ2v) is 8.08. The summed E-state index contributed by atoms with van der Waals surface area (Å²) in [6.45, 7) is 10.4. The number of rotatable bonds is 1. The van der Waals surface area contributed by atoms with Gasteiger partial charge in [0.1, 0.15) is 0 Å². The molecule has 1 aromatic carbocycles. The van der Waals surface area contributed by atoms with Gasteiger partial charge in [-0.1, -0.05) is 53.4 Å². The fourth-order valence-corrected chi connectivity index (χ4v) is 4.20. The normalized spacial score (nSPS) is 28.3. The van der Waals surface area contributed by atoms with E-state index in [1.165, 1.54) is 32.6 Å². The van der Waals surface area contributed by atoms with E-state index < -0.39 is 17.5 Å². The van der Waals surface area contributed by atoms with Crippen molar-refractivity contribution in [2.75, 3.05) is 0 Å². The molecule has 2 fully saturated rings. The van der Waals surface area contributed by atoms with Crippen molar-refractivity contribution in [1.82, 2.24) is 0 Å². The van der Waals surface area contributed by atoms with Crippen LogP contribution in [0.4, 0.5) is 13.2 Å². The average Bonchev–Trinajstić information content (AvgIpc) is 2.63. The Kier molecular flexibility index (Phi) is 10.3. The Balaban J connectivity index is 0.000000249. The average molecular weight is 371 g/mol. The molecule has 0 nitrogen and oxygen atoms in total. The molecule has 0 aliphatic heterocycles. The minimum Gasteiger partial charge on any atom is -0.204 e. The lowest BCUT2D eigenvalue weighted by molar-refractivity contribution is 0.155. The molecular formula is C23H37F3. The van der Waals surface area contributed by atoms with Crippen molar-refractivity contribution in [3.63, 3.8) is 0 Å². The Hall–Kier alpha value is -0.990. The predicted molar refractivity (Wildman–Crippen MR) is 105 cm³/mol. The van der Waals surface area contributed by atoms with Gasteiger partial charge in [0, 0.05) is 0 Å². The first-order chi connectivity index (χ1) is 12.4. The van der Waals surface area contributed by atoms with Gasteiger partial charge >= 0.3 is 0 Å². The van der Waals surface area contributed by atoms with Crippen LogP contribution in [-0.2, 0) is 0 Å². The monoisotopic (exact) mass is 370 g/mol. The van der Waals surface area contributed by atoms with Gasteiger partial charge in [0.15, 0.2) is 17.5 Å². The lowest BCUT2D eigenvalue weighted by Gasteiger charge is -2.36. The summed E-state index contributed by atoms with van der Waals surface area (Å²) in [6, 6.07) is 1.89. The van der Waals surface area contributed by atoms with Gasteiger partial charge in [0.2, 0.25) is 0 Å². The van der Waals surface area contributed by atoms with E-state index in [9.17, 15) is 13.2 Å². The summed E-state index contributed by atoms with van der Waals surface area (Å²) in [5.41, 5.74) is 0.372. The predicted octanol–water partition coefficient (Wildman–Crippen LogP) is 8.08. The van der Waals surface area contributed by atoms with Crippen LogP contribution in [0.5, 0.6) is 0 Å². The summed E-state index contributed by atoms with van der Waals surface area (Å²) in [6.07, 6.45) is 12.2. The Labute approximate surface area is 158 Å². The largest absolute Gasteiger partial charge is 0.204 e. The standard InChI is InChI=1S/C14H26.C7H5F3.C2H6/c1-11-3-7-13(8-4-11)14-9-5-12(2)6-10-14;1-4-2-5(8)7(10)6(9)3-4;1-2/h11-14H,3-10H2,1-2H3;2-3H,1H3;1-2H3. The molecule has 26 heavy (non-hydrogen) atoms. The van der Waals surface area contributed by atoms with Gasteiger partial charge in [0.25, 0.3) is 0 Å². The zero-order valence-corrected chi connectivity index (χ0v) is 17.3. The summed E-state index contributed by atoms with van der Waals surface area (Å²) < 4.78 is 36.6. The van der Waals surface area contributed by atoms with Crippen LogP contribution in [0.2, 0.25) is 0 Å². The van der Waals surface area contributed by atoms with Crippen molar-refractivity contribution in [3.05, 3.63) is 35.1 Å². The van der Waals surface area contributed by atoms with E-state index in [0.717, 1.165) is 35.8 Å². The first kappa shape index (κ1) is 23.0. The number of hydrogen-bond acceptors (Lipinski definition) is 0. The third-order valence-electron chi connectivity index (χ3n) is 5.92. The highest BCUT2D eigenvalue weighted by atomic mass is 19.2. The maximum absolute atomic E-state index is 12.2. The summed E-state index contributed by atoms with van der Waals surface area (Å²) >= 11 is 0. The van der Waals surface area contributed by atoms with E-state index in [0.29, 0.717) is 5.56 Å². The molecule has 1 aromatic rings. The highest BCUT2D eigenvalue weighted by Gasteiger charge is 2.28. The van der Waals surface area contributed by atoms with E-state index in [1.54, 1.807) is 25.7 Å². The van der Waals surface area contributed by atoms with E-state index in [2.05, 4.69) is 13.8 Å². The Bertz CT molecular complexity index is 467. The third kappa shape index (κ3) is 7.32. The zero-order valence-electron chi connectivity index (χ0n) is 17.3. The molecule has 0 unspecified atom stereocenters. The number of halogens is 3. The maximum atomic E-state index is 12.2. The van der Waals surface area contributed by atoms with Crippen LogP contribution in [0.1, 0.15) is 84.6 Å². The summed E-state index contributed by atoms with van der Waals surface area (Å²) in [5.74, 6) is 0.570. The van der Waals surface area contributed by atoms with Crippen LogP contribution >= 0.6 is 0 Å². The summed E-state index contributed by atoms with van der Waals surface area (Å²) in [4.78, 5) is 0. The number of hydrogen-bond donors (Lipinski definition) is 0. The van der Waals surface area contributed by atoms with Crippen LogP contribution in [-0.4, -0.2) is 0 Å². The van der Waals surface area contributed by atoms with Crippen molar-refractivity contribution in [3.8, 4) is 0 Å². The van der Waals surface area contributed by atoms with Crippen molar-refractivity contribution in [2.45, 2.75) is 86.0 Å². The van der Waals surface area contributed by atoms with Crippen molar-refractivity contribution in [2.24, 2.45) is 23.7 Å². The minimum atomic E-state index is -1.41. The molecule has 0 heterocycles. The Morgan fingerprint density at radius 3 is 1.27 bits per heavy atom. The molecule has 3 heteroatoms. The molecule has 150 valence electrons. The van der Waals surface area contributed by atoms with Crippen LogP contribution in [0.15, 0.2) is 12.1 Å². The zero-order chi connectivity index (χ0) is 19.7. The molecule has 0 amide bonds. The first-order valence-electron chi connectivity index (χ1n) is 10.5. The SMILES string of the molecule is CC.CC1CCC(C2CCC(C)CC2)CC1.Cc1cc(F)c(F)c(F)c1. The second kappa shape index (κ2) is 11.7. The molecule has 0 bridgehead atoms. The lowest BCUT2D eigenvalue weighted by atomic mass is 9.70. The van der Waals surface area contributed by atoms with Crippen LogP contribution in [0.3, 0.4) is 0 Å². The third-order valence-corrected chi connectivity index (χ3v) is 5.92. The van der Waals surface area contributed by atoms with Gasteiger partial charge in [-0.25, -0.2) is 13.2 Å². The Morgan fingerprint density at radius 2 is 0.962 bits per heavy atom. The molecule has 2 aliphatic rings. The highest BCUT2D eigenvalue weighted by molar-refractivity contribution is 5.17. The number of benzene rings is 1. The molecular weight excluding hydrogens is 333 g/mol. The van der Waals surface area contributed by atoms with Gasteiger partial charge in [-0.3, -0.25) is 0 Å². The van der Waals surface area contributed by atoms with Gasteiger partial charge in [-0.2, -0.15) is 0 Å². The number of aryl methyl sites for hydroxylation is 1. The molecule has 3 rings (SSSR count). The quantitative estimate of drug-likeness (QED) is 0.438. The fraction of sp³-hybridized carbons (Fsp3) is 0.739. The smallest absolute Gasteiger partial charge is 0.194 e. The molecule has 2 saturated carbocycles. The molecule has 0 spiro atoms. The van der Waals surface area contributed by atoms with Gasteiger partial charge in [-0.05, 0) is 74.0 Å². The minimum absolute atomic E-state index is 0.372. The topological polar surface area (TPSA) is 0 Å². The highest BCUT2D eigenvalue weighted by Crippen LogP contribution is 2.40. The summed E-state index contributed by atoms with van der Waals surface area (Å²) in [7, 11) is 0. The molecule has 0 atom stereocenters. The van der Waals surface area contributed by atoms with Crippen molar-refractivity contribution < 1.29 is 13.2 Å². The van der Waals surface area contributed by atoms with Crippen LogP contribution < -0.4 is 0 Å². The van der Waals surface area contributed by atoms with Gasteiger partial charge < -0.3 is 0 Å². The van der Waals surface area contributed by atoms with E-state index in [-0.39, 0.29) is 0 Å². The first-order valence-corrected chi connectivity index (χ1v) is 10.5. The van der Waals surface area contributed by atoms with Gasteiger partial charge in [-0.15, -0.1) is 0 Å². The van der Waals surface area contributed by atoms with E-state index in [1.807, 2.05) is 13.8 Å². The second-order valence-electron chi connectivity index (χ2n) is 8.08. The van der Waals surface area contributed by atoms with Crippen LogP contribution in [0, 0.1) is 48.0 Å². The van der Waals surface area contributed by atoms with Crippen molar-refractivity contribution >= 4 is 0 Å². The Morgan fingerprint density at radius 1 is 0.654 bits per heavy atom. The fourth-order valence-electron chi connectivity index (χ4n) is 4.20.